The molecule has 0 spiro atoms. The Morgan fingerprint density at radius 3 is 2.59 bits per heavy atom. The maximum atomic E-state index is 11.2. The molecule has 0 aliphatic rings. The zero-order valence-corrected chi connectivity index (χ0v) is 9.99. The molecular formula is C13H15NO3. The molecule has 0 aromatic heterocycles. The van der Waals surface area contributed by atoms with Gasteiger partial charge in [-0.25, -0.2) is 0 Å². The lowest BCUT2D eigenvalue weighted by atomic mass is 9.96. The summed E-state index contributed by atoms with van der Waals surface area (Å²) in [5, 5.41) is 18.3. The molecule has 0 fully saturated rings. The van der Waals surface area contributed by atoms with Crippen LogP contribution in [-0.4, -0.2) is 18.2 Å². The van der Waals surface area contributed by atoms with Crippen molar-refractivity contribution in [3.8, 4) is 6.07 Å². The molecule has 0 aliphatic carbocycles. The highest BCUT2D eigenvalue weighted by molar-refractivity contribution is 5.73. The Hall–Kier alpha value is -1.86. The normalized spacial score (nSPS) is 9.76. The number of carbonyl (C=O) groups is 1. The van der Waals surface area contributed by atoms with Gasteiger partial charge in [0.05, 0.1) is 31.8 Å². The fourth-order valence-corrected chi connectivity index (χ4v) is 1.68. The van der Waals surface area contributed by atoms with Crippen molar-refractivity contribution in [1.29, 1.82) is 5.26 Å². The van der Waals surface area contributed by atoms with E-state index in [4.69, 9.17) is 5.26 Å². The molecule has 0 bridgehead atoms. The van der Waals surface area contributed by atoms with Gasteiger partial charge in [0.25, 0.3) is 0 Å². The number of aliphatic hydroxyl groups is 1. The summed E-state index contributed by atoms with van der Waals surface area (Å²) in [5.74, 6) is -0.382. The molecule has 17 heavy (non-hydrogen) atoms. The molecule has 1 N–H and O–H groups in total. The number of benzene rings is 1. The van der Waals surface area contributed by atoms with Gasteiger partial charge in [-0.1, -0.05) is 13.0 Å². The van der Waals surface area contributed by atoms with Crippen LogP contribution < -0.4 is 0 Å². The Morgan fingerprint density at radius 1 is 1.41 bits per heavy atom. The average Bonchev–Trinajstić information content (AvgIpc) is 2.37. The van der Waals surface area contributed by atoms with Gasteiger partial charge in [-0.05, 0) is 29.2 Å². The number of nitriles is 1. The van der Waals surface area contributed by atoms with E-state index < -0.39 is 0 Å². The van der Waals surface area contributed by atoms with Gasteiger partial charge in [0.1, 0.15) is 0 Å². The number of nitrogens with zero attached hydrogens (tertiary/aromatic N) is 1. The smallest absolute Gasteiger partial charge is 0.309 e. The standard InChI is InChI=1S/C13H15NO3/c1-3-9-4-12(8-15)10(5-11(9)7-14)6-13(16)17-2/h4-5,15H,3,6,8H2,1-2H3. The SMILES string of the molecule is CCc1cc(CO)c(CC(=O)OC)cc1C#N. The third-order valence-corrected chi connectivity index (χ3v) is 2.66. The Kier molecular flexibility index (Phi) is 4.68. The summed E-state index contributed by atoms with van der Waals surface area (Å²) in [7, 11) is 1.31. The fourth-order valence-electron chi connectivity index (χ4n) is 1.68. The molecular weight excluding hydrogens is 218 g/mol. The van der Waals surface area contributed by atoms with E-state index in [1.165, 1.54) is 7.11 Å². The molecule has 0 unspecified atom stereocenters. The molecule has 0 heterocycles. The fraction of sp³-hybridized carbons (Fsp3) is 0.385. The Balaban J connectivity index is 3.20. The van der Waals surface area contributed by atoms with Crippen molar-refractivity contribution in [2.45, 2.75) is 26.4 Å². The molecule has 0 radical (unpaired) electrons. The summed E-state index contributed by atoms with van der Waals surface area (Å²) >= 11 is 0. The van der Waals surface area contributed by atoms with Gasteiger partial charge < -0.3 is 9.84 Å². The monoisotopic (exact) mass is 233 g/mol. The Labute approximate surface area is 100 Å². The van der Waals surface area contributed by atoms with Crippen molar-refractivity contribution >= 4 is 5.97 Å². The summed E-state index contributed by atoms with van der Waals surface area (Å²) in [5.41, 5.74) is 2.74. The number of hydrogen-bond donors (Lipinski definition) is 1. The molecule has 1 aromatic carbocycles. The number of carbonyl (C=O) groups excluding carboxylic acids is 1. The number of hydrogen-bond acceptors (Lipinski definition) is 4. The zero-order chi connectivity index (χ0) is 12.8. The molecule has 0 aliphatic heterocycles. The molecule has 0 amide bonds. The summed E-state index contributed by atoms with van der Waals surface area (Å²) < 4.78 is 4.58. The lowest BCUT2D eigenvalue weighted by molar-refractivity contribution is -0.139. The minimum absolute atomic E-state index is 0.0745. The molecule has 1 rings (SSSR count). The molecule has 0 atom stereocenters. The van der Waals surface area contributed by atoms with Crippen molar-refractivity contribution in [2.75, 3.05) is 7.11 Å². The van der Waals surface area contributed by atoms with Gasteiger partial charge >= 0.3 is 5.97 Å². The lowest BCUT2D eigenvalue weighted by Crippen LogP contribution is -2.08. The second kappa shape index (κ2) is 6.02. The van der Waals surface area contributed by atoms with Gasteiger partial charge in [-0.2, -0.15) is 5.26 Å². The maximum absolute atomic E-state index is 11.2. The van der Waals surface area contributed by atoms with Crippen LogP contribution in [0.1, 0.15) is 29.2 Å². The third kappa shape index (κ3) is 3.05. The summed E-state index contributed by atoms with van der Waals surface area (Å²) in [6.07, 6.45) is 0.791. The molecule has 4 nitrogen and oxygen atoms in total. The topological polar surface area (TPSA) is 70.3 Å². The van der Waals surface area contributed by atoms with Crippen LogP contribution in [0.2, 0.25) is 0 Å². The number of aliphatic hydroxyl groups excluding tert-OH is 1. The second-order valence-electron chi connectivity index (χ2n) is 3.65. The number of rotatable bonds is 4. The second-order valence-corrected chi connectivity index (χ2v) is 3.65. The largest absolute Gasteiger partial charge is 0.469 e. The molecule has 90 valence electrons. The number of esters is 1. The maximum Gasteiger partial charge on any atom is 0.309 e. The summed E-state index contributed by atoms with van der Waals surface area (Å²) in [6, 6.07) is 5.52. The first kappa shape index (κ1) is 13.2. The van der Waals surface area contributed by atoms with E-state index in [1.54, 1.807) is 12.1 Å². The van der Waals surface area contributed by atoms with Crippen molar-refractivity contribution < 1.29 is 14.6 Å². The van der Waals surface area contributed by atoms with Crippen LogP contribution in [0.5, 0.6) is 0 Å². The minimum atomic E-state index is -0.382. The quantitative estimate of drug-likeness (QED) is 0.796. The molecule has 1 aromatic rings. The summed E-state index contributed by atoms with van der Waals surface area (Å²) in [6.45, 7) is 1.79. The molecule has 0 saturated carbocycles. The van der Waals surface area contributed by atoms with E-state index in [2.05, 4.69) is 10.8 Å². The first-order valence-corrected chi connectivity index (χ1v) is 5.38. The first-order valence-electron chi connectivity index (χ1n) is 5.38. The highest BCUT2D eigenvalue weighted by Crippen LogP contribution is 2.18. The number of methoxy groups -OCH3 is 1. The zero-order valence-electron chi connectivity index (χ0n) is 9.99. The Bertz CT molecular complexity index is 460. The van der Waals surface area contributed by atoms with Gasteiger partial charge in [-0.3, -0.25) is 4.79 Å². The predicted octanol–water partition coefficient (Wildman–Crippen LogP) is 1.33. The van der Waals surface area contributed by atoms with E-state index in [9.17, 15) is 9.90 Å². The van der Waals surface area contributed by atoms with Crippen molar-refractivity contribution in [2.24, 2.45) is 0 Å². The van der Waals surface area contributed by atoms with Crippen LogP contribution in [0, 0.1) is 11.3 Å². The van der Waals surface area contributed by atoms with Crippen LogP contribution in [0.15, 0.2) is 12.1 Å². The van der Waals surface area contributed by atoms with Gasteiger partial charge in [0.2, 0.25) is 0 Å². The van der Waals surface area contributed by atoms with Crippen molar-refractivity contribution in [3.63, 3.8) is 0 Å². The van der Waals surface area contributed by atoms with E-state index in [-0.39, 0.29) is 19.0 Å². The van der Waals surface area contributed by atoms with Crippen molar-refractivity contribution in [3.05, 3.63) is 34.4 Å². The number of aryl methyl sites for hydroxylation is 1. The van der Waals surface area contributed by atoms with E-state index in [0.29, 0.717) is 23.1 Å². The van der Waals surface area contributed by atoms with E-state index in [1.807, 2.05) is 6.92 Å². The summed E-state index contributed by atoms with van der Waals surface area (Å²) in [4.78, 5) is 11.2. The number of ether oxygens (including phenoxy) is 1. The Morgan fingerprint density at radius 2 is 2.12 bits per heavy atom. The van der Waals surface area contributed by atoms with Crippen LogP contribution in [-0.2, 0) is 29.0 Å². The predicted molar refractivity (Wildman–Crippen MR) is 62.2 cm³/mol. The molecule has 0 saturated heterocycles. The van der Waals surface area contributed by atoms with Crippen LogP contribution >= 0.6 is 0 Å². The van der Waals surface area contributed by atoms with Gasteiger partial charge in [0.15, 0.2) is 0 Å². The third-order valence-electron chi connectivity index (χ3n) is 2.66. The first-order chi connectivity index (χ1) is 8.15. The van der Waals surface area contributed by atoms with Gasteiger partial charge in [0, 0.05) is 0 Å². The van der Waals surface area contributed by atoms with Crippen molar-refractivity contribution in [1.82, 2.24) is 0 Å². The highest BCUT2D eigenvalue weighted by atomic mass is 16.5. The van der Waals surface area contributed by atoms with Crippen LogP contribution in [0.25, 0.3) is 0 Å². The minimum Gasteiger partial charge on any atom is -0.469 e. The molecule has 4 heteroatoms. The van der Waals surface area contributed by atoms with Crippen LogP contribution in [0.4, 0.5) is 0 Å². The average molecular weight is 233 g/mol. The van der Waals surface area contributed by atoms with Crippen LogP contribution in [0.3, 0.4) is 0 Å². The lowest BCUT2D eigenvalue weighted by Gasteiger charge is -2.10. The van der Waals surface area contributed by atoms with Gasteiger partial charge in [-0.15, -0.1) is 0 Å². The van der Waals surface area contributed by atoms with E-state index in [0.717, 1.165) is 5.56 Å². The van der Waals surface area contributed by atoms with E-state index >= 15 is 0 Å². The highest BCUT2D eigenvalue weighted by Gasteiger charge is 2.11.